The molecule has 4 rings (SSSR count). The number of hydrogen-bond donors (Lipinski definition) is 2. The maximum atomic E-state index is 8.83. The molecule has 0 bridgehead atoms. The SMILES string of the molecule is N#Cc1ccc(Nc2nsc(Nc3ccc4ccccc4c3)n2)cc1. The molecular weight excluding hydrogens is 330 g/mol. The molecule has 0 atom stereocenters. The Morgan fingerprint density at radius 3 is 2.40 bits per heavy atom. The van der Waals surface area contributed by atoms with Crippen LogP contribution in [-0.2, 0) is 0 Å². The fraction of sp³-hybridized carbons (Fsp3) is 0. The molecule has 0 unspecified atom stereocenters. The predicted molar refractivity (Wildman–Crippen MR) is 102 cm³/mol. The lowest BCUT2D eigenvalue weighted by Crippen LogP contribution is -1.93. The summed E-state index contributed by atoms with van der Waals surface area (Å²) in [6.45, 7) is 0. The molecular formula is C19H13N5S. The van der Waals surface area contributed by atoms with Crippen molar-refractivity contribution in [3.63, 3.8) is 0 Å². The minimum absolute atomic E-state index is 0.526. The van der Waals surface area contributed by atoms with Gasteiger partial charge in [-0.2, -0.15) is 14.6 Å². The van der Waals surface area contributed by atoms with E-state index in [0.717, 1.165) is 11.4 Å². The van der Waals surface area contributed by atoms with E-state index in [1.54, 1.807) is 12.1 Å². The zero-order valence-electron chi connectivity index (χ0n) is 13.1. The minimum Gasteiger partial charge on any atom is -0.330 e. The molecule has 0 spiro atoms. The van der Waals surface area contributed by atoms with E-state index in [1.165, 1.54) is 22.3 Å². The third-order valence-corrected chi connectivity index (χ3v) is 4.33. The Kier molecular flexibility index (Phi) is 3.99. The van der Waals surface area contributed by atoms with Gasteiger partial charge in [0.1, 0.15) is 0 Å². The van der Waals surface area contributed by atoms with Gasteiger partial charge < -0.3 is 10.6 Å². The highest BCUT2D eigenvalue weighted by molar-refractivity contribution is 7.10. The third-order valence-electron chi connectivity index (χ3n) is 3.70. The van der Waals surface area contributed by atoms with Crippen molar-refractivity contribution in [3.05, 3.63) is 72.3 Å². The summed E-state index contributed by atoms with van der Waals surface area (Å²) >= 11 is 1.29. The van der Waals surface area contributed by atoms with Crippen LogP contribution in [0, 0.1) is 11.3 Å². The van der Waals surface area contributed by atoms with Crippen LogP contribution in [0.3, 0.4) is 0 Å². The smallest absolute Gasteiger partial charge is 0.240 e. The van der Waals surface area contributed by atoms with E-state index in [0.29, 0.717) is 16.6 Å². The highest BCUT2D eigenvalue weighted by Crippen LogP contribution is 2.25. The number of anilines is 4. The number of nitriles is 1. The number of nitrogens with zero attached hydrogens (tertiary/aromatic N) is 3. The molecule has 1 aromatic heterocycles. The summed E-state index contributed by atoms with van der Waals surface area (Å²) in [5, 5.41) is 18.3. The van der Waals surface area contributed by atoms with Gasteiger partial charge in [0.25, 0.3) is 0 Å². The van der Waals surface area contributed by atoms with Gasteiger partial charge >= 0.3 is 0 Å². The van der Waals surface area contributed by atoms with Crippen molar-refractivity contribution in [2.24, 2.45) is 0 Å². The fourth-order valence-electron chi connectivity index (χ4n) is 2.47. The van der Waals surface area contributed by atoms with Crippen LogP contribution in [0.2, 0.25) is 0 Å². The summed E-state index contributed by atoms with van der Waals surface area (Å²) in [6.07, 6.45) is 0. The number of nitrogens with one attached hydrogen (secondary N) is 2. The van der Waals surface area contributed by atoms with Gasteiger partial charge in [0.05, 0.1) is 11.6 Å². The molecule has 0 radical (unpaired) electrons. The van der Waals surface area contributed by atoms with Crippen molar-refractivity contribution in [3.8, 4) is 6.07 Å². The molecule has 0 amide bonds. The standard InChI is InChI=1S/C19H13N5S/c20-12-13-5-8-16(9-6-13)21-18-23-19(25-24-18)22-17-10-7-14-3-1-2-4-15(14)11-17/h1-11H,(H2,21,22,23,24). The van der Waals surface area contributed by atoms with E-state index in [-0.39, 0.29) is 0 Å². The van der Waals surface area contributed by atoms with Gasteiger partial charge in [0.15, 0.2) is 0 Å². The van der Waals surface area contributed by atoms with E-state index in [2.05, 4.69) is 50.3 Å². The normalized spacial score (nSPS) is 10.4. The van der Waals surface area contributed by atoms with Crippen molar-refractivity contribution >= 4 is 44.8 Å². The molecule has 0 aliphatic carbocycles. The molecule has 0 saturated carbocycles. The van der Waals surface area contributed by atoms with Gasteiger partial charge in [-0.15, -0.1) is 0 Å². The summed E-state index contributed by atoms with van der Waals surface area (Å²) < 4.78 is 4.30. The van der Waals surface area contributed by atoms with Crippen LogP contribution < -0.4 is 10.6 Å². The Labute approximate surface area is 148 Å². The molecule has 0 fully saturated rings. The second-order valence-corrected chi connectivity index (χ2v) is 6.18. The first-order valence-corrected chi connectivity index (χ1v) is 8.44. The molecule has 6 heteroatoms. The quantitative estimate of drug-likeness (QED) is 0.542. The Morgan fingerprint density at radius 1 is 0.840 bits per heavy atom. The van der Waals surface area contributed by atoms with E-state index < -0.39 is 0 Å². The maximum absolute atomic E-state index is 8.83. The fourth-order valence-corrected chi connectivity index (χ4v) is 3.02. The molecule has 25 heavy (non-hydrogen) atoms. The summed E-state index contributed by atoms with van der Waals surface area (Å²) in [4.78, 5) is 4.44. The topological polar surface area (TPSA) is 73.6 Å². The largest absolute Gasteiger partial charge is 0.330 e. The first kappa shape index (κ1) is 15.1. The van der Waals surface area contributed by atoms with Crippen LogP contribution in [0.1, 0.15) is 5.56 Å². The Hall–Kier alpha value is -3.43. The van der Waals surface area contributed by atoms with Crippen LogP contribution in [0.15, 0.2) is 66.7 Å². The lowest BCUT2D eigenvalue weighted by atomic mass is 10.1. The van der Waals surface area contributed by atoms with Crippen LogP contribution >= 0.6 is 11.5 Å². The van der Waals surface area contributed by atoms with Gasteiger partial charge in [-0.25, -0.2) is 0 Å². The van der Waals surface area contributed by atoms with Crippen molar-refractivity contribution in [1.29, 1.82) is 5.26 Å². The second-order valence-electron chi connectivity index (χ2n) is 5.42. The maximum Gasteiger partial charge on any atom is 0.240 e. The van der Waals surface area contributed by atoms with E-state index in [9.17, 15) is 0 Å². The van der Waals surface area contributed by atoms with E-state index in [1.807, 2.05) is 30.3 Å². The second kappa shape index (κ2) is 6.59. The van der Waals surface area contributed by atoms with Crippen molar-refractivity contribution in [2.45, 2.75) is 0 Å². The molecule has 5 nitrogen and oxygen atoms in total. The van der Waals surface area contributed by atoms with E-state index in [4.69, 9.17) is 5.26 Å². The minimum atomic E-state index is 0.526. The zero-order chi connectivity index (χ0) is 17.1. The number of hydrogen-bond acceptors (Lipinski definition) is 6. The first-order valence-electron chi connectivity index (χ1n) is 7.67. The third kappa shape index (κ3) is 3.42. The average Bonchev–Trinajstić information content (AvgIpc) is 3.09. The summed E-state index contributed by atoms with van der Waals surface area (Å²) in [5.41, 5.74) is 2.43. The molecule has 0 saturated heterocycles. The number of benzene rings is 3. The lowest BCUT2D eigenvalue weighted by molar-refractivity contribution is 1.29. The average molecular weight is 343 g/mol. The van der Waals surface area contributed by atoms with Crippen LogP contribution in [0.25, 0.3) is 10.8 Å². The Balaban J connectivity index is 1.49. The zero-order valence-corrected chi connectivity index (χ0v) is 13.9. The number of aromatic nitrogens is 2. The van der Waals surface area contributed by atoms with Crippen LogP contribution in [-0.4, -0.2) is 9.36 Å². The van der Waals surface area contributed by atoms with Crippen LogP contribution in [0.4, 0.5) is 22.5 Å². The van der Waals surface area contributed by atoms with Gasteiger partial charge in [0, 0.05) is 22.9 Å². The number of rotatable bonds is 4. The molecule has 4 aromatic rings. The van der Waals surface area contributed by atoms with E-state index >= 15 is 0 Å². The van der Waals surface area contributed by atoms with Crippen molar-refractivity contribution in [2.75, 3.05) is 10.6 Å². The summed E-state index contributed by atoms with van der Waals surface area (Å²) in [7, 11) is 0. The highest BCUT2D eigenvalue weighted by atomic mass is 32.1. The van der Waals surface area contributed by atoms with Gasteiger partial charge in [-0.1, -0.05) is 30.3 Å². The summed E-state index contributed by atoms with van der Waals surface area (Å²) in [5.74, 6) is 0.526. The molecule has 120 valence electrons. The van der Waals surface area contributed by atoms with Crippen molar-refractivity contribution < 1.29 is 0 Å². The Bertz CT molecular complexity index is 1060. The molecule has 2 N–H and O–H groups in total. The first-order chi connectivity index (χ1) is 12.3. The highest BCUT2D eigenvalue weighted by Gasteiger charge is 2.05. The van der Waals surface area contributed by atoms with Crippen molar-refractivity contribution in [1.82, 2.24) is 9.36 Å². The lowest BCUT2D eigenvalue weighted by Gasteiger charge is -2.04. The molecule has 1 heterocycles. The molecule has 0 aliphatic rings. The molecule has 3 aromatic carbocycles. The van der Waals surface area contributed by atoms with Gasteiger partial charge in [0.2, 0.25) is 11.1 Å². The van der Waals surface area contributed by atoms with Gasteiger partial charge in [-0.3, -0.25) is 0 Å². The van der Waals surface area contributed by atoms with Gasteiger partial charge in [-0.05, 0) is 47.2 Å². The molecule has 0 aliphatic heterocycles. The Morgan fingerprint density at radius 2 is 1.60 bits per heavy atom. The predicted octanol–water partition coefficient (Wildman–Crippen LogP) is 5.05. The number of fused-ring (bicyclic) bond motifs is 1. The summed E-state index contributed by atoms with van der Waals surface area (Å²) in [6, 6.07) is 23.7. The monoisotopic (exact) mass is 343 g/mol. The van der Waals surface area contributed by atoms with Crippen LogP contribution in [0.5, 0.6) is 0 Å².